The lowest BCUT2D eigenvalue weighted by atomic mass is 9.71. The Morgan fingerprint density at radius 1 is 1.38 bits per heavy atom. The van der Waals surface area contributed by atoms with Crippen LogP contribution in [0.25, 0.3) is 0 Å². The lowest BCUT2D eigenvalue weighted by Crippen LogP contribution is -2.32. The maximum Gasteiger partial charge on any atom is 0.119 e. The Morgan fingerprint density at radius 3 is 3.00 bits per heavy atom. The molecule has 3 rings (SSSR count). The first-order valence-electron chi connectivity index (χ1n) is 6.25. The number of nitrogens with one attached hydrogen (secondary N) is 1. The second kappa shape index (κ2) is 3.69. The van der Waals surface area contributed by atoms with E-state index in [1.165, 1.54) is 30.5 Å². The van der Waals surface area contributed by atoms with Crippen molar-refractivity contribution in [2.45, 2.75) is 32.6 Å². The van der Waals surface area contributed by atoms with Crippen LogP contribution in [0, 0.1) is 5.41 Å². The normalized spacial score (nSPS) is 20.8. The van der Waals surface area contributed by atoms with E-state index in [0.29, 0.717) is 5.41 Å². The Balaban J connectivity index is 1.66. The highest BCUT2D eigenvalue weighted by Gasteiger charge is 2.32. The van der Waals surface area contributed by atoms with Gasteiger partial charge >= 0.3 is 0 Å². The van der Waals surface area contributed by atoms with Gasteiger partial charge in [0.15, 0.2) is 0 Å². The molecule has 2 aliphatic rings. The van der Waals surface area contributed by atoms with Gasteiger partial charge in [0.1, 0.15) is 5.75 Å². The first kappa shape index (κ1) is 10.0. The smallest absolute Gasteiger partial charge is 0.119 e. The minimum absolute atomic E-state index is 0.442. The van der Waals surface area contributed by atoms with Gasteiger partial charge in [-0.15, -0.1) is 0 Å². The summed E-state index contributed by atoms with van der Waals surface area (Å²) in [6, 6.07) is 6.41. The van der Waals surface area contributed by atoms with Crippen LogP contribution >= 0.6 is 0 Å². The summed E-state index contributed by atoms with van der Waals surface area (Å²) in [6.07, 6.45) is 5.14. The molecule has 16 heavy (non-hydrogen) atoms. The third-order valence-corrected chi connectivity index (χ3v) is 3.93. The Bertz CT molecular complexity index is 396. The molecular weight excluding hydrogens is 198 g/mol. The molecule has 0 radical (unpaired) electrons. The van der Waals surface area contributed by atoms with Crippen molar-refractivity contribution in [3.63, 3.8) is 0 Å². The van der Waals surface area contributed by atoms with Crippen LogP contribution in [0.3, 0.4) is 0 Å². The number of anilines is 1. The number of rotatable bonds is 3. The zero-order chi connectivity index (χ0) is 11.0. The van der Waals surface area contributed by atoms with Crippen molar-refractivity contribution in [1.82, 2.24) is 0 Å². The molecule has 1 aliphatic heterocycles. The Labute approximate surface area is 97.0 Å². The molecule has 0 saturated heterocycles. The summed E-state index contributed by atoms with van der Waals surface area (Å²) in [5.41, 5.74) is 3.12. The molecular formula is C14H19NO. The van der Waals surface area contributed by atoms with E-state index in [1.54, 1.807) is 0 Å². The summed E-state index contributed by atoms with van der Waals surface area (Å²) in [7, 11) is 0. The molecule has 1 aromatic carbocycles. The summed E-state index contributed by atoms with van der Waals surface area (Å²) < 4.78 is 5.91. The highest BCUT2D eigenvalue weighted by molar-refractivity contribution is 5.57. The van der Waals surface area contributed by atoms with Crippen molar-refractivity contribution in [3.8, 4) is 5.75 Å². The minimum Gasteiger partial charge on any atom is -0.493 e. The summed E-state index contributed by atoms with van der Waals surface area (Å²) >= 11 is 0. The first-order chi connectivity index (χ1) is 7.75. The van der Waals surface area contributed by atoms with Crippen LogP contribution in [0.2, 0.25) is 0 Å². The quantitative estimate of drug-likeness (QED) is 0.839. The molecule has 0 spiro atoms. The average Bonchev–Trinajstić information content (AvgIpc) is 2.70. The topological polar surface area (TPSA) is 21.3 Å². The molecule has 1 aliphatic carbocycles. The largest absolute Gasteiger partial charge is 0.493 e. The van der Waals surface area contributed by atoms with Gasteiger partial charge in [-0.2, -0.15) is 0 Å². The Hall–Kier alpha value is -1.18. The summed E-state index contributed by atoms with van der Waals surface area (Å²) in [5.74, 6) is 1.04. The van der Waals surface area contributed by atoms with Gasteiger partial charge in [0.2, 0.25) is 0 Å². The highest BCUT2D eigenvalue weighted by atomic mass is 16.5. The molecule has 1 aromatic rings. The van der Waals surface area contributed by atoms with Gasteiger partial charge in [-0.25, -0.2) is 0 Å². The predicted octanol–water partition coefficient (Wildman–Crippen LogP) is 3.22. The molecule has 0 unspecified atom stereocenters. The van der Waals surface area contributed by atoms with Crippen LogP contribution in [0.15, 0.2) is 18.2 Å². The van der Waals surface area contributed by atoms with E-state index in [1.807, 2.05) is 0 Å². The fraction of sp³-hybridized carbons (Fsp3) is 0.571. The summed E-state index contributed by atoms with van der Waals surface area (Å²) in [6.45, 7) is 4.27. The van der Waals surface area contributed by atoms with Gasteiger partial charge in [0.25, 0.3) is 0 Å². The minimum atomic E-state index is 0.442. The molecule has 1 N–H and O–H groups in total. The highest BCUT2D eigenvalue weighted by Crippen LogP contribution is 2.40. The predicted molar refractivity (Wildman–Crippen MR) is 66.1 cm³/mol. The standard InChI is InChI=1S/C14H19NO/c1-14(6-2-7-14)10-16-12-3-4-13-11(9-12)5-8-15-13/h3-4,9,15H,2,5-8,10H2,1H3. The van der Waals surface area contributed by atoms with E-state index in [-0.39, 0.29) is 0 Å². The van der Waals surface area contributed by atoms with Crippen molar-refractivity contribution in [2.24, 2.45) is 5.41 Å². The number of benzene rings is 1. The van der Waals surface area contributed by atoms with E-state index in [2.05, 4.69) is 30.4 Å². The van der Waals surface area contributed by atoms with E-state index in [4.69, 9.17) is 4.74 Å². The summed E-state index contributed by atoms with van der Waals surface area (Å²) in [5, 5.41) is 3.37. The van der Waals surface area contributed by atoms with E-state index in [9.17, 15) is 0 Å². The molecule has 0 bridgehead atoms. The second-order valence-corrected chi connectivity index (χ2v) is 5.45. The molecule has 1 saturated carbocycles. The van der Waals surface area contributed by atoms with Gasteiger partial charge in [-0.3, -0.25) is 0 Å². The lowest BCUT2D eigenvalue weighted by Gasteiger charge is -2.37. The fourth-order valence-corrected chi connectivity index (χ4v) is 2.55. The third kappa shape index (κ3) is 1.77. The van der Waals surface area contributed by atoms with Crippen molar-refractivity contribution in [3.05, 3.63) is 23.8 Å². The summed E-state index contributed by atoms with van der Waals surface area (Å²) in [4.78, 5) is 0. The number of hydrogen-bond acceptors (Lipinski definition) is 2. The maximum atomic E-state index is 5.91. The molecule has 1 fully saturated rings. The van der Waals surface area contributed by atoms with Crippen LogP contribution in [-0.4, -0.2) is 13.2 Å². The second-order valence-electron chi connectivity index (χ2n) is 5.45. The Morgan fingerprint density at radius 2 is 2.25 bits per heavy atom. The van der Waals surface area contributed by atoms with E-state index < -0.39 is 0 Å². The van der Waals surface area contributed by atoms with Gasteiger partial charge in [-0.1, -0.05) is 13.3 Å². The van der Waals surface area contributed by atoms with E-state index in [0.717, 1.165) is 25.3 Å². The maximum absolute atomic E-state index is 5.91. The van der Waals surface area contributed by atoms with Gasteiger partial charge in [0.05, 0.1) is 6.61 Å². The van der Waals surface area contributed by atoms with Crippen molar-refractivity contribution in [1.29, 1.82) is 0 Å². The number of fused-ring (bicyclic) bond motifs is 1. The molecule has 86 valence electrons. The molecule has 2 heteroatoms. The molecule has 0 amide bonds. The van der Waals surface area contributed by atoms with Crippen molar-refractivity contribution < 1.29 is 4.74 Å². The molecule has 0 aromatic heterocycles. The monoisotopic (exact) mass is 217 g/mol. The van der Waals surface area contributed by atoms with Gasteiger partial charge in [-0.05, 0) is 43.0 Å². The van der Waals surface area contributed by atoms with Crippen LogP contribution < -0.4 is 10.1 Å². The SMILES string of the molecule is CC1(COc2ccc3c(c2)CCN3)CCC1. The third-order valence-electron chi connectivity index (χ3n) is 3.93. The zero-order valence-electron chi connectivity index (χ0n) is 9.88. The number of hydrogen-bond donors (Lipinski definition) is 1. The van der Waals surface area contributed by atoms with Gasteiger partial charge < -0.3 is 10.1 Å². The van der Waals surface area contributed by atoms with Crippen LogP contribution in [0.4, 0.5) is 5.69 Å². The zero-order valence-corrected chi connectivity index (χ0v) is 9.88. The van der Waals surface area contributed by atoms with Crippen molar-refractivity contribution in [2.75, 3.05) is 18.5 Å². The lowest BCUT2D eigenvalue weighted by molar-refractivity contribution is 0.0776. The van der Waals surface area contributed by atoms with Crippen molar-refractivity contribution >= 4 is 5.69 Å². The van der Waals surface area contributed by atoms with Gasteiger partial charge in [0, 0.05) is 17.6 Å². The average molecular weight is 217 g/mol. The van der Waals surface area contributed by atoms with Crippen LogP contribution in [-0.2, 0) is 6.42 Å². The number of ether oxygens (including phenoxy) is 1. The van der Waals surface area contributed by atoms with Crippen LogP contribution in [0.5, 0.6) is 5.75 Å². The molecule has 1 heterocycles. The molecule has 0 atom stereocenters. The van der Waals surface area contributed by atoms with E-state index >= 15 is 0 Å². The first-order valence-corrected chi connectivity index (χ1v) is 6.25. The van der Waals surface area contributed by atoms with Crippen LogP contribution in [0.1, 0.15) is 31.7 Å². The Kier molecular flexibility index (Phi) is 2.31. The fourth-order valence-electron chi connectivity index (χ4n) is 2.55. The molecule has 2 nitrogen and oxygen atoms in total.